The average Bonchev–Trinajstić information content (AvgIpc) is 2.63. The van der Waals surface area contributed by atoms with Crippen LogP contribution in [0.1, 0.15) is 15.9 Å². The van der Waals surface area contributed by atoms with Crippen molar-refractivity contribution in [3.8, 4) is 0 Å². The Kier molecular flexibility index (Phi) is 2.91. The van der Waals surface area contributed by atoms with Gasteiger partial charge in [0.15, 0.2) is 0 Å². The molecule has 0 aliphatic carbocycles. The summed E-state index contributed by atoms with van der Waals surface area (Å²) in [5.74, 6) is -0.998. The number of carbonyl (C=O) groups is 1. The third-order valence-electron chi connectivity index (χ3n) is 2.33. The van der Waals surface area contributed by atoms with Gasteiger partial charge in [-0.05, 0) is 24.6 Å². The zero-order chi connectivity index (χ0) is 12.4. The lowest BCUT2D eigenvalue weighted by Gasteiger charge is -2.04. The van der Waals surface area contributed by atoms with Crippen LogP contribution in [0.2, 0.25) is 0 Å². The molecule has 0 atom stereocenters. The molecule has 0 aliphatic rings. The highest BCUT2D eigenvalue weighted by atomic mass is 19.1. The lowest BCUT2D eigenvalue weighted by atomic mass is 10.1. The number of halogens is 1. The van der Waals surface area contributed by atoms with Gasteiger partial charge in [0.05, 0.1) is 17.4 Å². The number of carbonyl (C=O) groups excluding carboxylic acids is 1. The van der Waals surface area contributed by atoms with E-state index in [4.69, 9.17) is 0 Å². The van der Waals surface area contributed by atoms with Gasteiger partial charge in [0, 0.05) is 13.2 Å². The predicted molar refractivity (Wildman–Crippen MR) is 62.3 cm³/mol. The monoisotopic (exact) mass is 233 g/mol. The number of hydrogen-bond donors (Lipinski definition) is 1. The fourth-order valence-corrected chi connectivity index (χ4v) is 1.49. The van der Waals surface area contributed by atoms with Crippen molar-refractivity contribution in [3.63, 3.8) is 0 Å². The van der Waals surface area contributed by atoms with Crippen LogP contribution < -0.4 is 5.32 Å². The van der Waals surface area contributed by atoms with Crippen LogP contribution in [0.5, 0.6) is 0 Å². The Bertz CT molecular complexity index is 563. The van der Waals surface area contributed by atoms with E-state index in [1.165, 1.54) is 18.3 Å². The molecule has 0 spiro atoms. The molecular weight excluding hydrogens is 221 g/mol. The number of aryl methyl sites for hydroxylation is 2. The lowest BCUT2D eigenvalue weighted by Crippen LogP contribution is -2.13. The van der Waals surface area contributed by atoms with E-state index >= 15 is 0 Å². The number of anilines is 1. The quantitative estimate of drug-likeness (QED) is 0.863. The molecule has 5 heteroatoms. The number of benzene rings is 1. The first-order valence-corrected chi connectivity index (χ1v) is 5.12. The summed E-state index contributed by atoms with van der Waals surface area (Å²) in [6.45, 7) is 1.77. The smallest absolute Gasteiger partial charge is 0.258 e. The maximum atomic E-state index is 13.5. The van der Waals surface area contributed by atoms with Gasteiger partial charge in [-0.1, -0.05) is 6.07 Å². The second-order valence-corrected chi connectivity index (χ2v) is 3.84. The summed E-state index contributed by atoms with van der Waals surface area (Å²) in [5, 5.41) is 6.49. The van der Waals surface area contributed by atoms with Crippen LogP contribution in [-0.2, 0) is 7.05 Å². The predicted octanol–water partition coefficient (Wildman–Crippen LogP) is 2.12. The van der Waals surface area contributed by atoms with Crippen LogP contribution >= 0.6 is 0 Å². The minimum absolute atomic E-state index is 0.0273. The molecule has 4 nitrogen and oxygen atoms in total. The molecule has 0 fully saturated rings. The number of amides is 1. The molecule has 1 N–H and O–H groups in total. The number of nitrogens with zero attached hydrogens (tertiary/aromatic N) is 2. The molecule has 0 saturated carbocycles. The van der Waals surface area contributed by atoms with Crippen molar-refractivity contribution >= 4 is 11.6 Å². The largest absolute Gasteiger partial charge is 0.319 e. The molecule has 0 bridgehead atoms. The molecule has 0 unspecified atom stereocenters. The Morgan fingerprint density at radius 1 is 1.47 bits per heavy atom. The SMILES string of the molecule is Cc1ccc(C(=O)Nc2cnn(C)c2)c(F)c1. The summed E-state index contributed by atoms with van der Waals surface area (Å²) in [4.78, 5) is 11.8. The highest BCUT2D eigenvalue weighted by molar-refractivity contribution is 6.04. The lowest BCUT2D eigenvalue weighted by molar-refractivity contribution is 0.102. The van der Waals surface area contributed by atoms with Crippen LogP contribution in [0, 0.1) is 12.7 Å². The summed E-state index contributed by atoms with van der Waals surface area (Å²) in [7, 11) is 1.74. The third kappa shape index (κ3) is 2.50. The van der Waals surface area contributed by atoms with Crippen molar-refractivity contribution in [2.24, 2.45) is 7.05 Å². The molecule has 0 saturated heterocycles. The van der Waals surface area contributed by atoms with Crippen molar-refractivity contribution in [2.45, 2.75) is 6.92 Å². The molecular formula is C12H12FN3O. The molecule has 0 radical (unpaired) electrons. The van der Waals surface area contributed by atoms with Crippen LogP contribution in [-0.4, -0.2) is 15.7 Å². The Balaban J connectivity index is 2.20. The van der Waals surface area contributed by atoms with Crippen molar-refractivity contribution in [3.05, 3.63) is 47.5 Å². The molecule has 1 aromatic heterocycles. The standard InChI is InChI=1S/C12H12FN3O/c1-8-3-4-10(11(13)5-8)12(17)15-9-6-14-16(2)7-9/h3-7H,1-2H3,(H,15,17). The molecule has 1 aromatic carbocycles. The Labute approximate surface area is 98.1 Å². The first-order chi connectivity index (χ1) is 8.06. The Morgan fingerprint density at radius 2 is 2.24 bits per heavy atom. The van der Waals surface area contributed by atoms with Gasteiger partial charge >= 0.3 is 0 Å². The number of aromatic nitrogens is 2. The zero-order valence-corrected chi connectivity index (χ0v) is 9.57. The van der Waals surface area contributed by atoms with E-state index in [0.29, 0.717) is 5.69 Å². The minimum atomic E-state index is -0.522. The van der Waals surface area contributed by atoms with Gasteiger partial charge in [-0.3, -0.25) is 9.48 Å². The second-order valence-electron chi connectivity index (χ2n) is 3.84. The average molecular weight is 233 g/mol. The van der Waals surface area contributed by atoms with Crippen molar-refractivity contribution in [1.82, 2.24) is 9.78 Å². The molecule has 2 rings (SSSR count). The summed E-state index contributed by atoms with van der Waals surface area (Å²) < 4.78 is 15.1. The number of rotatable bonds is 2. The van der Waals surface area contributed by atoms with Crippen LogP contribution in [0.3, 0.4) is 0 Å². The molecule has 88 valence electrons. The van der Waals surface area contributed by atoms with Crippen molar-refractivity contribution < 1.29 is 9.18 Å². The van der Waals surface area contributed by atoms with E-state index in [0.717, 1.165) is 5.56 Å². The topological polar surface area (TPSA) is 46.9 Å². The first kappa shape index (κ1) is 11.3. The van der Waals surface area contributed by atoms with Gasteiger partial charge in [0.25, 0.3) is 5.91 Å². The maximum absolute atomic E-state index is 13.5. The summed E-state index contributed by atoms with van der Waals surface area (Å²) in [6, 6.07) is 4.50. The van der Waals surface area contributed by atoms with Gasteiger partial charge < -0.3 is 5.32 Å². The number of nitrogens with one attached hydrogen (secondary N) is 1. The van der Waals surface area contributed by atoms with Crippen molar-refractivity contribution in [2.75, 3.05) is 5.32 Å². The van der Waals surface area contributed by atoms with E-state index in [-0.39, 0.29) is 5.56 Å². The summed E-state index contributed by atoms with van der Waals surface area (Å²) >= 11 is 0. The molecule has 17 heavy (non-hydrogen) atoms. The van der Waals surface area contributed by atoms with E-state index < -0.39 is 11.7 Å². The van der Waals surface area contributed by atoms with Gasteiger partial charge in [-0.2, -0.15) is 5.10 Å². The van der Waals surface area contributed by atoms with Crippen LogP contribution in [0.15, 0.2) is 30.6 Å². The molecule has 1 heterocycles. The summed E-state index contributed by atoms with van der Waals surface area (Å²) in [5.41, 5.74) is 1.34. The Morgan fingerprint density at radius 3 is 2.82 bits per heavy atom. The molecule has 0 aliphatic heterocycles. The number of hydrogen-bond acceptors (Lipinski definition) is 2. The van der Waals surface area contributed by atoms with Gasteiger partial charge in [-0.25, -0.2) is 4.39 Å². The van der Waals surface area contributed by atoms with Crippen LogP contribution in [0.25, 0.3) is 0 Å². The zero-order valence-electron chi connectivity index (χ0n) is 9.57. The van der Waals surface area contributed by atoms with Gasteiger partial charge in [0.2, 0.25) is 0 Å². The summed E-state index contributed by atoms with van der Waals surface area (Å²) in [6.07, 6.45) is 3.15. The molecule has 1 amide bonds. The normalized spacial score (nSPS) is 10.3. The van der Waals surface area contributed by atoms with Gasteiger partial charge in [0.1, 0.15) is 5.82 Å². The fraction of sp³-hybridized carbons (Fsp3) is 0.167. The van der Waals surface area contributed by atoms with Crippen molar-refractivity contribution in [1.29, 1.82) is 0 Å². The molecule has 2 aromatic rings. The van der Waals surface area contributed by atoms with E-state index in [2.05, 4.69) is 10.4 Å². The van der Waals surface area contributed by atoms with Crippen LogP contribution in [0.4, 0.5) is 10.1 Å². The Hall–Kier alpha value is -2.17. The first-order valence-electron chi connectivity index (χ1n) is 5.12. The van der Waals surface area contributed by atoms with E-state index in [1.54, 1.807) is 30.9 Å². The van der Waals surface area contributed by atoms with E-state index in [9.17, 15) is 9.18 Å². The third-order valence-corrected chi connectivity index (χ3v) is 2.33. The van der Waals surface area contributed by atoms with E-state index in [1.807, 2.05) is 0 Å². The highest BCUT2D eigenvalue weighted by Gasteiger charge is 2.12. The van der Waals surface area contributed by atoms with Gasteiger partial charge in [-0.15, -0.1) is 0 Å². The minimum Gasteiger partial charge on any atom is -0.319 e. The highest BCUT2D eigenvalue weighted by Crippen LogP contribution is 2.12. The fourth-order valence-electron chi connectivity index (χ4n) is 1.49. The second kappa shape index (κ2) is 4.37. The maximum Gasteiger partial charge on any atom is 0.258 e.